The lowest BCUT2D eigenvalue weighted by Crippen LogP contribution is -2.29. The maximum atomic E-state index is 12.7. The van der Waals surface area contributed by atoms with Gasteiger partial charge in [0.05, 0.1) is 4.90 Å². The number of sulfonamides is 1. The molecular formula is C21H28N2O2S. The molecule has 0 bridgehead atoms. The third-order valence-corrected chi connectivity index (χ3v) is 6.33. The number of hydrogen-bond donors (Lipinski definition) is 2. The second-order valence-electron chi connectivity index (χ2n) is 7.37. The molecule has 0 aliphatic heterocycles. The summed E-state index contributed by atoms with van der Waals surface area (Å²) < 4.78 is 28.1. The van der Waals surface area contributed by atoms with Crippen molar-refractivity contribution in [1.29, 1.82) is 0 Å². The molecule has 0 heterocycles. The van der Waals surface area contributed by atoms with Gasteiger partial charge in [0, 0.05) is 11.7 Å². The molecule has 0 spiro atoms. The minimum absolute atomic E-state index is 0.296. The third-order valence-electron chi connectivity index (χ3n) is 4.93. The van der Waals surface area contributed by atoms with E-state index in [-0.39, 0.29) is 0 Å². The van der Waals surface area contributed by atoms with Gasteiger partial charge in [0.2, 0.25) is 0 Å². The molecule has 26 heavy (non-hydrogen) atoms. The fourth-order valence-electron chi connectivity index (χ4n) is 3.42. The van der Waals surface area contributed by atoms with Crippen molar-refractivity contribution in [3.8, 4) is 0 Å². The molecule has 0 radical (unpaired) electrons. The third kappa shape index (κ3) is 4.27. The Labute approximate surface area is 157 Å². The van der Waals surface area contributed by atoms with Crippen LogP contribution in [0.25, 0.3) is 0 Å². The molecule has 1 atom stereocenters. The number of hydrogen-bond acceptors (Lipinski definition) is 3. The summed E-state index contributed by atoms with van der Waals surface area (Å²) in [5, 5.41) is 3.55. The molecule has 2 aromatic carbocycles. The van der Waals surface area contributed by atoms with Crippen molar-refractivity contribution < 1.29 is 8.42 Å². The standard InChI is InChI=1S/C21H28N2O2S/c1-4-11-22-20-12-17-5-8-19(13-18(17)14-20)23-26(24,25)21-9-6-16(7-10-21)15(2)3/h5-10,13,15,20,22-23H,4,11-12,14H2,1-3H3/t20-/m1/s1. The Kier molecular flexibility index (Phi) is 5.68. The molecule has 0 amide bonds. The number of benzene rings is 2. The Bertz CT molecular complexity index is 858. The lowest BCUT2D eigenvalue weighted by Gasteiger charge is -2.11. The Hall–Kier alpha value is -1.85. The Morgan fingerprint density at radius 1 is 1.04 bits per heavy atom. The molecule has 140 valence electrons. The van der Waals surface area contributed by atoms with Gasteiger partial charge < -0.3 is 5.32 Å². The van der Waals surface area contributed by atoms with Gasteiger partial charge in [0.25, 0.3) is 10.0 Å². The van der Waals surface area contributed by atoms with Crippen LogP contribution in [-0.2, 0) is 22.9 Å². The summed E-state index contributed by atoms with van der Waals surface area (Å²) in [5.74, 6) is 0.380. The van der Waals surface area contributed by atoms with E-state index in [2.05, 4.69) is 30.8 Å². The van der Waals surface area contributed by atoms with Crippen molar-refractivity contribution >= 4 is 15.7 Å². The molecule has 2 aromatic rings. The minimum atomic E-state index is -3.57. The van der Waals surface area contributed by atoms with Crippen LogP contribution in [0.15, 0.2) is 47.4 Å². The average Bonchev–Trinajstić information content (AvgIpc) is 3.01. The van der Waals surface area contributed by atoms with E-state index in [0.29, 0.717) is 22.5 Å². The summed E-state index contributed by atoms with van der Waals surface area (Å²) in [6.07, 6.45) is 3.08. The zero-order valence-corrected chi connectivity index (χ0v) is 16.6. The summed E-state index contributed by atoms with van der Waals surface area (Å²) in [6, 6.07) is 13.5. The van der Waals surface area contributed by atoms with Crippen LogP contribution in [0.4, 0.5) is 5.69 Å². The SMILES string of the molecule is CCCN[C@@H]1Cc2ccc(NS(=O)(=O)c3ccc(C(C)C)cc3)cc2C1. The van der Waals surface area contributed by atoms with Crippen molar-refractivity contribution in [2.45, 2.75) is 56.9 Å². The summed E-state index contributed by atoms with van der Waals surface area (Å²) in [6.45, 7) is 7.37. The first kappa shape index (κ1) is 18.9. The molecular weight excluding hydrogens is 344 g/mol. The van der Waals surface area contributed by atoms with Crippen LogP contribution in [0.1, 0.15) is 49.8 Å². The first-order chi connectivity index (χ1) is 12.4. The second-order valence-corrected chi connectivity index (χ2v) is 9.05. The topological polar surface area (TPSA) is 58.2 Å². The van der Waals surface area contributed by atoms with Crippen LogP contribution < -0.4 is 10.0 Å². The van der Waals surface area contributed by atoms with Gasteiger partial charge in [-0.3, -0.25) is 4.72 Å². The molecule has 0 saturated heterocycles. The van der Waals surface area contributed by atoms with Gasteiger partial charge >= 0.3 is 0 Å². The van der Waals surface area contributed by atoms with Crippen molar-refractivity contribution in [1.82, 2.24) is 5.32 Å². The van der Waals surface area contributed by atoms with Crippen LogP contribution in [0, 0.1) is 0 Å². The Balaban J connectivity index is 1.73. The predicted octanol–water partition coefficient (Wildman–Crippen LogP) is 4.08. The molecule has 5 heteroatoms. The summed E-state index contributed by atoms with van der Waals surface area (Å²) in [7, 11) is -3.57. The number of rotatable bonds is 7. The zero-order valence-electron chi connectivity index (χ0n) is 15.7. The predicted molar refractivity (Wildman–Crippen MR) is 107 cm³/mol. The van der Waals surface area contributed by atoms with E-state index >= 15 is 0 Å². The highest BCUT2D eigenvalue weighted by molar-refractivity contribution is 7.92. The first-order valence-electron chi connectivity index (χ1n) is 9.37. The molecule has 1 aliphatic rings. The lowest BCUT2D eigenvalue weighted by atomic mass is 10.0. The van der Waals surface area contributed by atoms with E-state index in [1.165, 1.54) is 11.1 Å². The number of fused-ring (bicyclic) bond motifs is 1. The molecule has 4 nitrogen and oxygen atoms in total. The van der Waals surface area contributed by atoms with Gasteiger partial charge in [-0.1, -0.05) is 39.0 Å². The molecule has 3 rings (SSSR count). The number of nitrogens with one attached hydrogen (secondary N) is 2. The molecule has 0 fully saturated rings. The Morgan fingerprint density at radius 3 is 2.38 bits per heavy atom. The lowest BCUT2D eigenvalue weighted by molar-refractivity contribution is 0.532. The minimum Gasteiger partial charge on any atom is -0.313 e. The smallest absolute Gasteiger partial charge is 0.261 e. The van der Waals surface area contributed by atoms with Gasteiger partial charge in [0.1, 0.15) is 0 Å². The van der Waals surface area contributed by atoms with Crippen LogP contribution in [0.5, 0.6) is 0 Å². The fraction of sp³-hybridized carbons (Fsp3) is 0.429. The molecule has 0 saturated carbocycles. The fourth-order valence-corrected chi connectivity index (χ4v) is 4.47. The largest absolute Gasteiger partial charge is 0.313 e. The molecule has 0 unspecified atom stereocenters. The van der Waals surface area contributed by atoms with Crippen LogP contribution in [-0.4, -0.2) is 21.0 Å². The average molecular weight is 373 g/mol. The van der Waals surface area contributed by atoms with E-state index in [4.69, 9.17) is 0 Å². The summed E-state index contributed by atoms with van der Waals surface area (Å²) in [5.41, 5.74) is 4.30. The maximum absolute atomic E-state index is 12.7. The zero-order chi connectivity index (χ0) is 18.7. The second kappa shape index (κ2) is 7.80. The van der Waals surface area contributed by atoms with Gasteiger partial charge in [-0.25, -0.2) is 8.42 Å². The van der Waals surface area contributed by atoms with Crippen molar-refractivity contribution in [3.05, 3.63) is 59.2 Å². The van der Waals surface area contributed by atoms with E-state index in [0.717, 1.165) is 31.4 Å². The van der Waals surface area contributed by atoms with E-state index in [1.54, 1.807) is 12.1 Å². The van der Waals surface area contributed by atoms with Crippen molar-refractivity contribution in [3.63, 3.8) is 0 Å². The summed E-state index contributed by atoms with van der Waals surface area (Å²) in [4.78, 5) is 0.296. The normalized spacial score (nSPS) is 16.7. The van der Waals surface area contributed by atoms with E-state index in [9.17, 15) is 8.42 Å². The highest BCUT2D eigenvalue weighted by atomic mass is 32.2. The monoisotopic (exact) mass is 372 g/mol. The van der Waals surface area contributed by atoms with Gasteiger partial charge in [-0.2, -0.15) is 0 Å². The van der Waals surface area contributed by atoms with Gasteiger partial charge in [-0.15, -0.1) is 0 Å². The van der Waals surface area contributed by atoms with E-state index in [1.807, 2.05) is 30.3 Å². The number of anilines is 1. The highest BCUT2D eigenvalue weighted by Gasteiger charge is 2.22. The molecule has 0 aromatic heterocycles. The van der Waals surface area contributed by atoms with Gasteiger partial charge in [-0.05, 0) is 72.7 Å². The molecule has 1 aliphatic carbocycles. The summed E-state index contributed by atoms with van der Waals surface area (Å²) >= 11 is 0. The van der Waals surface area contributed by atoms with Crippen molar-refractivity contribution in [2.24, 2.45) is 0 Å². The molecule has 2 N–H and O–H groups in total. The van der Waals surface area contributed by atoms with Crippen molar-refractivity contribution in [2.75, 3.05) is 11.3 Å². The van der Waals surface area contributed by atoms with Crippen LogP contribution in [0.3, 0.4) is 0 Å². The Morgan fingerprint density at radius 2 is 1.73 bits per heavy atom. The van der Waals surface area contributed by atoms with E-state index < -0.39 is 10.0 Å². The van der Waals surface area contributed by atoms with Crippen LogP contribution in [0.2, 0.25) is 0 Å². The first-order valence-corrected chi connectivity index (χ1v) is 10.9. The highest BCUT2D eigenvalue weighted by Crippen LogP contribution is 2.27. The quantitative estimate of drug-likeness (QED) is 0.770. The maximum Gasteiger partial charge on any atom is 0.261 e. The van der Waals surface area contributed by atoms with Crippen LogP contribution >= 0.6 is 0 Å². The van der Waals surface area contributed by atoms with Gasteiger partial charge in [0.15, 0.2) is 0 Å².